The lowest BCUT2D eigenvalue weighted by Gasteiger charge is -2.44. The van der Waals surface area contributed by atoms with Crippen LogP contribution in [0, 0.1) is 6.92 Å². The van der Waals surface area contributed by atoms with Crippen molar-refractivity contribution in [3.05, 3.63) is 40.4 Å². The second-order valence-electron chi connectivity index (χ2n) is 7.68. The first kappa shape index (κ1) is 15.8. The lowest BCUT2D eigenvalue weighted by atomic mass is 9.92. The van der Waals surface area contributed by atoms with Crippen LogP contribution in [0.2, 0.25) is 0 Å². The molecule has 0 atom stereocenters. The molecule has 0 N–H and O–H groups in total. The number of fused-ring (bicyclic) bond motifs is 1. The molecule has 2 aromatic rings. The highest BCUT2D eigenvalue weighted by Crippen LogP contribution is 2.38. The average molecular weight is 325 g/mol. The molecule has 1 aromatic carbocycles. The molecule has 0 bridgehead atoms. The van der Waals surface area contributed by atoms with Crippen LogP contribution in [0.1, 0.15) is 50.5 Å². The topological polar surface area (TPSA) is 38.1 Å². The van der Waals surface area contributed by atoms with Crippen LogP contribution in [0.3, 0.4) is 0 Å². The largest absolute Gasteiger partial charge is 0.297 e. The number of benzene rings is 1. The van der Waals surface area contributed by atoms with Crippen molar-refractivity contribution in [3.8, 4) is 0 Å². The Labute approximate surface area is 143 Å². The van der Waals surface area contributed by atoms with E-state index in [1.54, 1.807) is 6.33 Å². The minimum Gasteiger partial charge on any atom is -0.297 e. The van der Waals surface area contributed by atoms with Gasteiger partial charge in [-0.3, -0.25) is 14.3 Å². The normalized spacial score (nSPS) is 21.4. The Balaban J connectivity index is 1.70. The number of rotatable bonds is 3. The molecule has 1 aromatic heterocycles. The van der Waals surface area contributed by atoms with Gasteiger partial charge in [0.2, 0.25) is 0 Å². The van der Waals surface area contributed by atoms with Gasteiger partial charge < -0.3 is 0 Å². The van der Waals surface area contributed by atoms with Crippen LogP contribution in [0.4, 0.5) is 0 Å². The third-order valence-electron chi connectivity index (χ3n) is 6.01. The minimum absolute atomic E-state index is 0.114. The van der Waals surface area contributed by atoms with Crippen LogP contribution < -0.4 is 5.56 Å². The van der Waals surface area contributed by atoms with Crippen molar-refractivity contribution < 1.29 is 0 Å². The van der Waals surface area contributed by atoms with Crippen molar-refractivity contribution in [2.45, 2.75) is 64.0 Å². The van der Waals surface area contributed by atoms with Crippen molar-refractivity contribution in [3.63, 3.8) is 0 Å². The molecule has 2 aliphatic rings. The van der Waals surface area contributed by atoms with Crippen molar-refractivity contribution in [2.24, 2.45) is 0 Å². The number of aryl methyl sites for hydroxylation is 1. The smallest absolute Gasteiger partial charge is 0.261 e. The predicted molar refractivity (Wildman–Crippen MR) is 97.4 cm³/mol. The number of nitrogens with zero attached hydrogens (tertiary/aromatic N) is 3. The van der Waals surface area contributed by atoms with Crippen LogP contribution in [0.25, 0.3) is 10.9 Å². The van der Waals surface area contributed by atoms with Gasteiger partial charge in [-0.25, -0.2) is 4.98 Å². The van der Waals surface area contributed by atoms with Gasteiger partial charge in [-0.15, -0.1) is 0 Å². The van der Waals surface area contributed by atoms with Crippen molar-refractivity contribution >= 4 is 10.9 Å². The van der Waals surface area contributed by atoms with E-state index in [1.807, 2.05) is 29.7 Å². The number of likely N-dealkylation sites (tertiary alicyclic amines) is 1. The standard InChI is InChI=1S/C20H27N3O/c1-16-7-8-17-18(13-16)21-15-22(19(17)24)14-20(9-3-4-10-20)23-11-5-2-6-12-23/h7-8,13,15H,2-6,9-12,14H2,1H3. The summed E-state index contributed by atoms with van der Waals surface area (Å²) in [5.74, 6) is 0. The number of piperidine rings is 1. The summed E-state index contributed by atoms with van der Waals surface area (Å²) >= 11 is 0. The number of aromatic nitrogens is 2. The van der Waals surface area contributed by atoms with Crippen LogP contribution in [0.15, 0.2) is 29.3 Å². The molecule has 2 heterocycles. The molecule has 1 aliphatic carbocycles. The van der Waals surface area contributed by atoms with E-state index in [0.717, 1.165) is 23.0 Å². The molecular formula is C20H27N3O. The summed E-state index contributed by atoms with van der Waals surface area (Å²) in [6.45, 7) is 5.21. The van der Waals surface area contributed by atoms with Crippen LogP contribution in [-0.4, -0.2) is 33.1 Å². The Bertz CT molecular complexity index is 783. The molecule has 0 spiro atoms. The first-order chi connectivity index (χ1) is 11.7. The second kappa shape index (κ2) is 6.32. The maximum absolute atomic E-state index is 13.0. The molecule has 0 radical (unpaired) electrons. The summed E-state index contributed by atoms with van der Waals surface area (Å²) in [6, 6.07) is 5.93. The molecule has 0 amide bonds. The van der Waals surface area contributed by atoms with Crippen molar-refractivity contribution in [1.82, 2.24) is 14.5 Å². The summed E-state index contributed by atoms with van der Waals surface area (Å²) in [4.78, 5) is 20.2. The monoisotopic (exact) mass is 325 g/mol. The van der Waals surface area contributed by atoms with E-state index in [9.17, 15) is 4.79 Å². The molecule has 1 saturated carbocycles. The predicted octanol–water partition coefficient (Wildman–Crippen LogP) is 3.50. The molecular weight excluding hydrogens is 298 g/mol. The average Bonchev–Trinajstić information content (AvgIpc) is 3.08. The molecule has 4 nitrogen and oxygen atoms in total. The van der Waals surface area contributed by atoms with E-state index < -0.39 is 0 Å². The third kappa shape index (κ3) is 2.77. The summed E-state index contributed by atoms with van der Waals surface area (Å²) in [5, 5.41) is 0.745. The van der Waals surface area contributed by atoms with Gasteiger partial charge in [0.25, 0.3) is 5.56 Å². The molecule has 2 fully saturated rings. The zero-order valence-electron chi connectivity index (χ0n) is 14.6. The third-order valence-corrected chi connectivity index (χ3v) is 6.01. The molecule has 1 saturated heterocycles. The van der Waals surface area contributed by atoms with E-state index in [4.69, 9.17) is 0 Å². The lowest BCUT2D eigenvalue weighted by molar-refractivity contribution is 0.0546. The zero-order valence-corrected chi connectivity index (χ0v) is 14.6. The highest BCUT2D eigenvalue weighted by molar-refractivity contribution is 5.77. The molecule has 4 rings (SSSR count). The van der Waals surface area contributed by atoms with Crippen molar-refractivity contribution in [2.75, 3.05) is 13.1 Å². The fraction of sp³-hybridized carbons (Fsp3) is 0.600. The molecule has 1 aliphatic heterocycles. The van der Waals surface area contributed by atoms with Gasteiger partial charge in [0.1, 0.15) is 0 Å². The molecule has 0 unspecified atom stereocenters. The van der Waals surface area contributed by atoms with E-state index in [0.29, 0.717) is 0 Å². The molecule has 24 heavy (non-hydrogen) atoms. The van der Waals surface area contributed by atoms with Crippen LogP contribution >= 0.6 is 0 Å². The Morgan fingerprint density at radius 2 is 1.83 bits per heavy atom. The number of hydrogen-bond donors (Lipinski definition) is 0. The quantitative estimate of drug-likeness (QED) is 0.867. The van der Waals surface area contributed by atoms with Gasteiger partial charge >= 0.3 is 0 Å². The fourth-order valence-corrected chi connectivity index (χ4v) is 4.67. The maximum Gasteiger partial charge on any atom is 0.261 e. The summed E-state index contributed by atoms with van der Waals surface area (Å²) in [5.41, 5.74) is 2.25. The highest BCUT2D eigenvalue weighted by atomic mass is 16.1. The Morgan fingerprint density at radius 3 is 2.58 bits per heavy atom. The van der Waals surface area contributed by atoms with Crippen molar-refractivity contribution in [1.29, 1.82) is 0 Å². The molecule has 4 heteroatoms. The second-order valence-corrected chi connectivity index (χ2v) is 7.68. The van der Waals surface area contributed by atoms with E-state index >= 15 is 0 Å². The van der Waals surface area contributed by atoms with E-state index in [2.05, 4.69) is 9.88 Å². The SMILES string of the molecule is Cc1ccc2c(=O)n(CC3(N4CCCCC4)CCCC3)cnc2c1. The summed E-state index contributed by atoms with van der Waals surface area (Å²) in [6.07, 6.45) is 10.7. The Hall–Kier alpha value is -1.68. The highest BCUT2D eigenvalue weighted by Gasteiger charge is 2.40. The lowest BCUT2D eigenvalue weighted by Crippen LogP contribution is -2.52. The minimum atomic E-state index is 0.114. The van der Waals surface area contributed by atoms with Gasteiger partial charge in [-0.1, -0.05) is 25.3 Å². The Kier molecular flexibility index (Phi) is 4.17. The van der Waals surface area contributed by atoms with Gasteiger partial charge in [0.05, 0.1) is 17.2 Å². The van der Waals surface area contributed by atoms with E-state index in [-0.39, 0.29) is 11.1 Å². The fourth-order valence-electron chi connectivity index (χ4n) is 4.67. The zero-order chi connectivity index (χ0) is 16.6. The van der Waals surface area contributed by atoms with Gasteiger partial charge in [-0.05, 0) is 63.4 Å². The van der Waals surface area contributed by atoms with Crippen LogP contribution in [-0.2, 0) is 6.54 Å². The Morgan fingerprint density at radius 1 is 1.08 bits per heavy atom. The van der Waals surface area contributed by atoms with E-state index in [1.165, 1.54) is 58.0 Å². The van der Waals surface area contributed by atoms with Gasteiger partial charge in [0.15, 0.2) is 0 Å². The first-order valence-electron chi connectivity index (χ1n) is 9.39. The number of hydrogen-bond acceptors (Lipinski definition) is 3. The van der Waals surface area contributed by atoms with Crippen LogP contribution in [0.5, 0.6) is 0 Å². The molecule has 128 valence electrons. The summed E-state index contributed by atoms with van der Waals surface area (Å²) < 4.78 is 1.87. The first-order valence-corrected chi connectivity index (χ1v) is 9.39. The van der Waals surface area contributed by atoms with Gasteiger partial charge in [0, 0.05) is 12.1 Å². The summed E-state index contributed by atoms with van der Waals surface area (Å²) in [7, 11) is 0. The van der Waals surface area contributed by atoms with Gasteiger partial charge in [-0.2, -0.15) is 0 Å². The maximum atomic E-state index is 13.0.